The molecule has 2 amide bonds. The minimum atomic E-state index is -1.64. The molecule has 1 aromatic rings. The van der Waals surface area contributed by atoms with E-state index in [-0.39, 0.29) is 24.7 Å². The van der Waals surface area contributed by atoms with E-state index in [2.05, 4.69) is 10.6 Å². The van der Waals surface area contributed by atoms with E-state index in [1.807, 2.05) is 31.2 Å². The lowest BCUT2D eigenvalue weighted by Crippen LogP contribution is -2.47. The molecule has 4 N–H and O–H groups in total. The fourth-order valence-corrected chi connectivity index (χ4v) is 2.02. The second-order valence-corrected chi connectivity index (χ2v) is 5.30. The average Bonchev–Trinajstić information content (AvgIpc) is 2.48. The van der Waals surface area contributed by atoms with E-state index in [9.17, 15) is 19.6 Å². The summed E-state index contributed by atoms with van der Waals surface area (Å²) in [7, 11) is -0.0912. The van der Waals surface area contributed by atoms with E-state index in [1.54, 1.807) is 7.05 Å². The summed E-state index contributed by atoms with van der Waals surface area (Å²) < 4.78 is 0. The number of carbonyl (C=O) groups is 2. The molecule has 0 fully saturated rings. The van der Waals surface area contributed by atoms with Crippen molar-refractivity contribution in [1.82, 2.24) is 10.6 Å². The van der Waals surface area contributed by atoms with Crippen LogP contribution >= 0.6 is 0 Å². The Balaban J connectivity index is 2.48. The van der Waals surface area contributed by atoms with Crippen molar-refractivity contribution in [2.75, 3.05) is 7.05 Å². The minimum Gasteiger partial charge on any atom is -0.426 e. The molecular formula is C15H23BN2O4. The summed E-state index contributed by atoms with van der Waals surface area (Å²) in [5.41, 5.74) is 2.03. The van der Waals surface area contributed by atoms with Gasteiger partial charge in [0, 0.05) is 19.9 Å². The van der Waals surface area contributed by atoms with Crippen LogP contribution in [0.15, 0.2) is 24.3 Å². The Kier molecular flexibility index (Phi) is 7.63. The molecule has 0 aliphatic rings. The Morgan fingerprint density at radius 2 is 1.73 bits per heavy atom. The average molecular weight is 306 g/mol. The highest BCUT2D eigenvalue weighted by atomic mass is 16.4. The standard InChI is InChI=1S/C15H23BN2O4/c1-11-6-8-12(9-7-11)10-13(16(21)22)18-15(20)5-3-4-14(19)17-2/h6-9,13,21-22H,3-5,10H2,1-2H3,(H,17,19)(H,18,20). The van der Waals surface area contributed by atoms with Crippen LogP contribution in [-0.4, -0.2) is 42.0 Å². The van der Waals surface area contributed by atoms with E-state index < -0.39 is 13.1 Å². The van der Waals surface area contributed by atoms with Gasteiger partial charge >= 0.3 is 7.12 Å². The first-order valence-electron chi connectivity index (χ1n) is 7.34. The number of rotatable bonds is 8. The third-order valence-electron chi connectivity index (χ3n) is 3.37. The maximum atomic E-state index is 11.8. The van der Waals surface area contributed by atoms with E-state index in [0.29, 0.717) is 12.8 Å². The van der Waals surface area contributed by atoms with Gasteiger partial charge in [-0.05, 0) is 25.3 Å². The lowest BCUT2D eigenvalue weighted by molar-refractivity contribution is -0.122. The van der Waals surface area contributed by atoms with E-state index in [1.165, 1.54) is 0 Å². The second-order valence-electron chi connectivity index (χ2n) is 5.30. The molecule has 0 saturated heterocycles. The molecular weight excluding hydrogens is 283 g/mol. The number of aryl methyl sites for hydroxylation is 1. The summed E-state index contributed by atoms with van der Waals surface area (Å²) in [4.78, 5) is 22.9. The van der Waals surface area contributed by atoms with Crippen molar-refractivity contribution in [2.45, 2.75) is 38.5 Å². The predicted molar refractivity (Wildman–Crippen MR) is 84.9 cm³/mol. The highest BCUT2D eigenvalue weighted by Crippen LogP contribution is 2.07. The van der Waals surface area contributed by atoms with Crippen molar-refractivity contribution in [3.8, 4) is 0 Å². The Morgan fingerprint density at radius 3 is 2.27 bits per heavy atom. The molecule has 7 heteroatoms. The van der Waals surface area contributed by atoms with Gasteiger partial charge in [0.05, 0.1) is 5.94 Å². The molecule has 1 rings (SSSR count). The Labute approximate surface area is 131 Å². The van der Waals surface area contributed by atoms with Crippen LogP contribution in [0.5, 0.6) is 0 Å². The first-order valence-corrected chi connectivity index (χ1v) is 7.34. The molecule has 0 aliphatic heterocycles. The molecule has 0 saturated carbocycles. The number of hydrogen-bond acceptors (Lipinski definition) is 4. The third kappa shape index (κ3) is 6.73. The van der Waals surface area contributed by atoms with Crippen LogP contribution in [0.1, 0.15) is 30.4 Å². The van der Waals surface area contributed by atoms with Gasteiger partial charge in [0.1, 0.15) is 0 Å². The zero-order valence-electron chi connectivity index (χ0n) is 13.0. The zero-order valence-corrected chi connectivity index (χ0v) is 13.0. The molecule has 6 nitrogen and oxygen atoms in total. The van der Waals surface area contributed by atoms with E-state index in [0.717, 1.165) is 11.1 Å². The topological polar surface area (TPSA) is 98.7 Å². The summed E-state index contributed by atoms with van der Waals surface area (Å²) in [5.74, 6) is -1.18. The monoisotopic (exact) mass is 306 g/mol. The number of hydrogen-bond donors (Lipinski definition) is 4. The maximum absolute atomic E-state index is 11.8. The summed E-state index contributed by atoms with van der Waals surface area (Å²) in [6.45, 7) is 1.97. The van der Waals surface area contributed by atoms with Gasteiger partial charge in [0.15, 0.2) is 0 Å². The molecule has 0 spiro atoms. The Morgan fingerprint density at radius 1 is 1.14 bits per heavy atom. The van der Waals surface area contributed by atoms with E-state index >= 15 is 0 Å². The number of nitrogens with one attached hydrogen (secondary N) is 2. The molecule has 1 unspecified atom stereocenters. The third-order valence-corrected chi connectivity index (χ3v) is 3.37. The van der Waals surface area contributed by atoms with Gasteiger partial charge in [0.25, 0.3) is 0 Å². The predicted octanol–water partition coefficient (Wildman–Crippen LogP) is -0.0494. The minimum absolute atomic E-state index is 0.119. The molecule has 0 heterocycles. The largest absolute Gasteiger partial charge is 0.475 e. The number of carbonyl (C=O) groups excluding carboxylic acids is 2. The molecule has 0 radical (unpaired) electrons. The van der Waals surface area contributed by atoms with Crippen molar-refractivity contribution < 1.29 is 19.6 Å². The molecule has 0 aliphatic carbocycles. The normalized spacial score (nSPS) is 11.6. The quantitative estimate of drug-likeness (QED) is 0.506. The summed E-state index contributed by atoms with van der Waals surface area (Å²) in [5, 5.41) is 23.9. The summed E-state index contributed by atoms with van der Waals surface area (Å²) >= 11 is 0. The SMILES string of the molecule is CNC(=O)CCCC(=O)NC(Cc1ccc(C)cc1)B(O)O. The van der Waals surface area contributed by atoms with Crippen LogP contribution in [0.2, 0.25) is 0 Å². The molecule has 1 aromatic carbocycles. The Hall–Kier alpha value is -1.86. The van der Waals surface area contributed by atoms with Crippen LogP contribution < -0.4 is 10.6 Å². The van der Waals surface area contributed by atoms with Crippen LogP contribution in [-0.2, 0) is 16.0 Å². The highest BCUT2D eigenvalue weighted by molar-refractivity contribution is 6.43. The van der Waals surface area contributed by atoms with Crippen LogP contribution in [0.25, 0.3) is 0 Å². The lowest BCUT2D eigenvalue weighted by atomic mass is 9.76. The molecule has 120 valence electrons. The van der Waals surface area contributed by atoms with Gasteiger partial charge in [0.2, 0.25) is 11.8 Å². The number of amides is 2. The summed E-state index contributed by atoms with van der Waals surface area (Å²) in [6.07, 6.45) is 1.20. The van der Waals surface area contributed by atoms with Gasteiger partial charge in [-0.3, -0.25) is 9.59 Å². The Bertz CT molecular complexity index is 491. The van der Waals surface area contributed by atoms with Gasteiger partial charge in [-0.15, -0.1) is 0 Å². The van der Waals surface area contributed by atoms with Crippen molar-refractivity contribution in [3.05, 3.63) is 35.4 Å². The lowest BCUT2D eigenvalue weighted by Gasteiger charge is -2.18. The van der Waals surface area contributed by atoms with Crippen molar-refractivity contribution in [3.63, 3.8) is 0 Å². The summed E-state index contributed by atoms with van der Waals surface area (Å²) in [6, 6.07) is 7.65. The van der Waals surface area contributed by atoms with Crippen molar-refractivity contribution in [2.24, 2.45) is 0 Å². The van der Waals surface area contributed by atoms with E-state index in [4.69, 9.17) is 0 Å². The molecule has 0 bridgehead atoms. The van der Waals surface area contributed by atoms with Crippen molar-refractivity contribution in [1.29, 1.82) is 0 Å². The molecule has 0 aromatic heterocycles. The van der Waals surface area contributed by atoms with Gasteiger partial charge in [-0.1, -0.05) is 29.8 Å². The fraction of sp³-hybridized carbons (Fsp3) is 0.467. The fourth-order valence-electron chi connectivity index (χ4n) is 2.02. The zero-order chi connectivity index (χ0) is 16.5. The smallest absolute Gasteiger partial charge is 0.426 e. The van der Waals surface area contributed by atoms with Gasteiger partial charge in [-0.25, -0.2) is 0 Å². The van der Waals surface area contributed by atoms with Crippen LogP contribution in [0.4, 0.5) is 0 Å². The second kappa shape index (κ2) is 9.22. The molecule has 22 heavy (non-hydrogen) atoms. The first kappa shape index (κ1) is 18.2. The van der Waals surface area contributed by atoms with Gasteiger partial charge < -0.3 is 20.7 Å². The first-order chi connectivity index (χ1) is 10.4. The van der Waals surface area contributed by atoms with Crippen LogP contribution in [0.3, 0.4) is 0 Å². The molecule has 1 atom stereocenters. The van der Waals surface area contributed by atoms with Crippen molar-refractivity contribution >= 4 is 18.9 Å². The van der Waals surface area contributed by atoms with Gasteiger partial charge in [-0.2, -0.15) is 0 Å². The van der Waals surface area contributed by atoms with Crippen LogP contribution in [0, 0.1) is 6.92 Å². The number of benzene rings is 1. The highest BCUT2D eigenvalue weighted by Gasteiger charge is 2.25. The maximum Gasteiger partial charge on any atom is 0.475 e.